The van der Waals surface area contributed by atoms with Crippen LogP contribution in [-0.4, -0.2) is 19.1 Å². The quantitative estimate of drug-likeness (QED) is 0.719. The summed E-state index contributed by atoms with van der Waals surface area (Å²) in [5, 5.41) is 4.00. The first kappa shape index (κ1) is 19.1. The van der Waals surface area contributed by atoms with E-state index in [1.165, 1.54) is 0 Å². The van der Waals surface area contributed by atoms with Crippen molar-refractivity contribution in [1.82, 2.24) is 5.32 Å². The van der Waals surface area contributed by atoms with Gasteiger partial charge in [-0.15, -0.1) is 0 Å². The van der Waals surface area contributed by atoms with Crippen molar-refractivity contribution in [2.45, 2.75) is 48.0 Å². The third-order valence-electron chi connectivity index (χ3n) is 4.37. The fourth-order valence-corrected chi connectivity index (χ4v) is 2.76. The van der Waals surface area contributed by atoms with E-state index in [1.54, 1.807) is 6.08 Å². The van der Waals surface area contributed by atoms with Crippen molar-refractivity contribution in [2.75, 3.05) is 13.2 Å². The molecular formula is C21H29NO3. The second-order valence-electron chi connectivity index (χ2n) is 6.86. The van der Waals surface area contributed by atoms with Crippen LogP contribution in [0.2, 0.25) is 0 Å². The molecule has 1 amide bonds. The molecule has 1 aromatic carbocycles. The molecule has 0 unspecified atom stereocenters. The van der Waals surface area contributed by atoms with Crippen LogP contribution >= 0.6 is 0 Å². The third-order valence-corrected chi connectivity index (χ3v) is 4.37. The summed E-state index contributed by atoms with van der Waals surface area (Å²) < 4.78 is 11.6. The van der Waals surface area contributed by atoms with Gasteiger partial charge in [-0.25, -0.2) is 0 Å². The first-order chi connectivity index (χ1) is 11.8. The predicted molar refractivity (Wildman–Crippen MR) is 103 cm³/mol. The number of fused-ring (bicyclic) bond motifs is 1. The standard InChI is InChI=1S/C21H29NO3/c1-7-24-19-12-20-18(15(5)16(6)25-20)11-17(19)14(4)10-21(23)22-9-8-13(2)3/h10-13H,7-9H2,1-6H3,(H,22,23)/b14-10+. The van der Waals surface area contributed by atoms with E-state index in [0.717, 1.165) is 45.6 Å². The van der Waals surface area contributed by atoms with Gasteiger partial charge >= 0.3 is 0 Å². The Labute approximate surface area is 150 Å². The minimum atomic E-state index is -0.0687. The van der Waals surface area contributed by atoms with Gasteiger partial charge in [-0.3, -0.25) is 4.79 Å². The minimum absolute atomic E-state index is 0.0687. The average molecular weight is 343 g/mol. The van der Waals surface area contributed by atoms with E-state index in [-0.39, 0.29) is 5.91 Å². The molecule has 0 spiro atoms. The number of ether oxygens (including phenoxy) is 1. The summed E-state index contributed by atoms with van der Waals surface area (Å²) in [6, 6.07) is 3.97. The maximum Gasteiger partial charge on any atom is 0.244 e. The van der Waals surface area contributed by atoms with Crippen molar-refractivity contribution in [3.63, 3.8) is 0 Å². The van der Waals surface area contributed by atoms with Crippen molar-refractivity contribution >= 4 is 22.4 Å². The highest BCUT2D eigenvalue weighted by molar-refractivity contribution is 5.97. The molecule has 0 bridgehead atoms. The summed E-state index contributed by atoms with van der Waals surface area (Å²) in [6.07, 6.45) is 2.62. The maximum absolute atomic E-state index is 12.2. The highest BCUT2D eigenvalue weighted by Gasteiger charge is 2.14. The molecule has 25 heavy (non-hydrogen) atoms. The van der Waals surface area contributed by atoms with Crippen molar-refractivity contribution in [3.05, 3.63) is 35.1 Å². The van der Waals surface area contributed by atoms with Crippen molar-refractivity contribution < 1.29 is 13.9 Å². The number of aryl methyl sites for hydroxylation is 2. The van der Waals surface area contributed by atoms with Crippen LogP contribution in [0.25, 0.3) is 16.5 Å². The van der Waals surface area contributed by atoms with Gasteiger partial charge in [-0.2, -0.15) is 0 Å². The Bertz CT molecular complexity index is 784. The zero-order chi connectivity index (χ0) is 18.6. The van der Waals surface area contributed by atoms with E-state index in [4.69, 9.17) is 9.15 Å². The van der Waals surface area contributed by atoms with Crippen LogP contribution in [0.15, 0.2) is 22.6 Å². The second-order valence-corrected chi connectivity index (χ2v) is 6.86. The highest BCUT2D eigenvalue weighted by Crippen LogP contribution is 2.34. The number of rotatable bonds is 7. The number of benzene rings is 1. The van der Waals surface area contributed by atoms with E-state index in [0.29, 0.717) is 19.1 Å². The summed E-state index contributed by atoms with van der Waals surface area (Å²) in [5.41, 5.74) is 3.74. The first-order valence-electron chi connectivity index (χ1n) is 8.96. The topological polar surface area (TPSA) is 51.5 Å². The monoisotopic (exact) mass is 343 g/mol. The van der Waals surface area contributed by atoms with Gasteiger partial charge in [0.05, 0.1) is 6.61 Å². The number of allylic oxidation sites excluding steroid dienone is 1. The summed E-state index contributed by atoms with van der Waals surface area (Å²) in [6.45, 7) is 13.4. The zero-order valence-corrected chi connectivity index (χ0v) is 16.2. The molecule has 2 rings (SSSR count). The van der Waals surface area contributed by atoms with Crippen molar-refractivity contribution in [3.8, 4) is 5.75 Å². The molecule has 0 fully saturated rings. The summed E-state index contributed by atoms with van der Waals surface area (Å²) >= 11 is 0. The van der Waals surface area contributed by atoms with Crippen LogP contribution in [0, 0.1) is 19.8 Å². The van der Waals surface area contributed by atoms with Gasteiger partial charge in [0.15, 0.2) is 0 Å². The van der Waals surface area contributed by atoms with Gasteiger partial charge in [0, 0.05) is 29.6 Å². The van der Waals surface area contributed by atoms with Crippen LogP contribution < -0.4 is 10.1 Å². The molecule has 136 valence electrons. The smallest absolute Gasteiger partial charge is 0.244 e. The van der Waals surface area contributed by atoms with Gasteiger partial charge < -0.3 is 14.5 Å². The van der Waals surface area contributed by atoms with Gasteiger partial charge in [0.1, 0.15) is 17.1 Å². The molecule has 0 aliphatic heterocycles. The Balaban J connectivity index is 2.33. The second kappa shape index (κ2) is 8.24. The van der Waals surface area contributed by atoms with Crippen molar-refractivity contribution in [1.29, 1.82) is 0 Å². The van der Waals surface area contributed by atoms with Crippen LogP contribution in [0.1, 0.15) is 51.0 Å². The summed E-state index contributed by atoms with van der Waals surface area (Å²) in [5.74, 6) is 2.15. The van der Waals surface area contributed by atoms with E-state index < -0.39 is 0 Å². The van der Waals surface area contributed by atoms with Crippen LogP contribution in [0.3, 0.4) is 0 Å². The summed E-state index contributed by atoms with van der Waals surface area (Å²) in [7, 11) is 0. The number of hydrogen-bond acceptors (Lipinski definition) is 3. The first-order valence-corrected chi connectivity index (χ1v) is 8.96. The molecule has 4 nitrogen and oxygen atoms in total. The Morgan fingerprint density at radius 3 is 2.68 bits per heavy atom. The lowest BCUT2D eigenvalue weighted by atomic mass is 10.0. The normalized spacial score (nSPS) is 12.0. The van der Waals surface area contributed by atoms with Crippen LogP contribution in [0.5, 0.6) is 5.75 Å². The Kier molecular flexibility index (Phi) is 6.29. The number of carbonyl (C=O) groups is 1. The van der Waals surface area contributed by atoms with Crippen molar-refractivity contribution in [2.24, 2.45) is 5.92 Å². The van der Waals surface area contributed by atoms with E-state index in [9.17, 15) is 4.79 Å². The third kappa shape index (κ3) is 4.65. The van der Waals surface area contributed by atoms with Crippen LogP contribution in [0.4, 0.5) is 0 Å². The molecule has 0 aliphatic carbocycles. The fraction of sp³-hybridized carbons (Fsp3) is 0.476. The molecule has 1 aromatic heterocycles. The zero-order valence-electron chi connectivity index (χ0n) is 16.2. The lowest BCUT2D eigenvalue weighted by Gasteiger charge is -2.11. The number of carbonyl (C=O) groups excluding carboxylic acids is 1. The fourth-order valence-electron chi connectivity index (χ4n) is 2.76. The summed E-state index contributed by atoms with van der Waals surface area (Å²) in [4.78, 5) is 12.2. The molecule has 0 saturated heterocycles. The minimum Gasteiger partial charge on any atom is -0.493 e. The predicted octanol–water partition coefficient (Wildman–Crippen LogP) is 5.01. The van der Waals surface area contributed by atoms with Gasteiger partial charge in [0.2, 0.25) is 5.91 Å². The molecule has 1 heterocycles. The molecule has 1 N–H and O–H groups in total. The molecular weight excluding hydrogens is 314 g/mol. The Morgan fingerprint density at radius 1 is 1.32 bits per heavy atom. The molecule has 0 radical (unpaired) electrons. The molecule has 0 atom stereocenters. The van der Waals surface area contributed by atoms with Gasteiger partial charge in [-0.1, -0.05) is 13.8 Å². The molecule has 0 aliphatic rings. The maximum atomic E-state index is 12.2. The van der Waals surface area contributed by atoms with E-state index >= 15 is 0 Å². The number of furan rings is 1. The number of hydrogen-bond donors (Lipinski definition) is 1. The number of amides is 1. The average Bonchev–Trinajstić information content (AvgIpc) is 2.80. The van der Waals surface area contributed by atoms with E-state index in [1.807, 2.05) is 33.8 Å². The number of nitrogens with one attached hydrogen (secondary N) is 1. The largest absolute Gasteiger partial charge is 0.493 e. The Hall–Kier alpha value is -2.23. The Morgan fingerprint density at radius 2 is 2.04 bits per heavy atom. The molecule has 4 heteroatoms. The SMILES string of the molecule is CCOc1cc2oc(C)c(C)c2cc1/C(C)=C/C(=O)NCCC(C)C. The lowest BCUT2D eigenvalue weighted by Crippen LogP contribution is -2.23. The van der Waals surface area contributed by atoms with Crippen LogP contribution in [-0.2, 0) is 4.79 Å². The highest BCUT2D eigenvalue weighted by atomic mass is 16.5. The van der Waals surface area contributed by atoms with Gasteiger partial charge in [0.25, 0.3) is 0 Å². The lowest BCUT2D eigenvalue weighted by molar-refractivity contribution is -0.116. The molecule has 2 aromatic rings. The van der Waals surface area contributed by atoms with E-state index in [2.05, 4.69) is 25.2 Å². The molecule has 0 saturated carbocycles. The van der Waals surface area contributed by atoms with Gasteiger partial charge in [-0.05, 0) is 57.2 Å².